The van der Waals surface area contributed by atoms with Gasteiger partial charge in [0.15, 0.2) is 4.80 Å². The van der Waals surface area contributed by atoms with Gasteiger partial charge in [0.05, 0.1) is 16.9 Å². The lowest BCUT2D eigenvalue weighted by Gasteiger charge is -2.10. The lowest BCUT2D eigenvalue weighted by molar-refractivity contribution is -0.137. The van der Waals surface area contributed by atoms with Crippen LogP contribution in [0, 0.1) is 5.82 Å². The van der Waals surface area contributed by atoms with Gasteiger partial charge in [0.25, 0.3) is 0 Å². The first kappa shape index (κ1) is 21.1. The minimum atomic E-state index is -4.43. The van der Waals surface area contributed by atoms with Crippen LogP contribution in [0.3, 0.4) is 0 Å². The number of halogens is 4. The third kappa shape index (κ3) is 5.11. The summed E-state index contributed by atoms with van der Waals surface area (Å²) in [6, 6.07) is 21.0. The molecule has 7 heteroatoms. The molecule has 1 heterocycles. The van der Waals surface area contributed by atoms with Gasteiger partial charge in [-0.2, -0.15) is 13.2 Å². The van der Waals surface area contributed by atoms with Crippen molar-refractivity contribution in [1.82, 2.24) is 4.57 Å². The molecule has 0 amide bonds. The van der Waals surface area contributed by atoms with Crippen LogP contribution < -0.4 is 4.80 Å². The summed E-state index contributed by atoms with van der Waals surface area (Å²) in [6.07, 6.45) is -3.70. The number of rotatable bonds is 5. The summed E-state index contributed by atoms with van der Waals surface area (Å²) in [5.74, 6) is -0.330. The van der Waals surface area contributed by atoms with Crippen LogP contribution in [-0.2, 0) is 19.1 Å². The molecular formula is C24H18F4N2S. The van der Waals surface area contributed by atoms with E-state index < -0.39 is 11.7 Å². The van der Waals surface area contributed by atoms with Gasteiger partial charge in [0.2, 0.25) is 0 Å². The normalized spacial score (nSPS) is 12.3. The molecule has 0 spiro atoms. The fraction of sp³-hybridized carbons (Fsp3) is 0.125. The molecule has 0 N–H and O–H groups in total. The van der Waals surface area contributed by atoms with Gasteiger partial charge in [-0.05, 0) is 60.0 Å². The Bertz CT molecular complexity index is 1220. The molecular weight excluding hydrogens is 424 g/mol. The van der Waals surface area contributed by atoms with Crippen LogP contribution in [-0.4, -0.2) is 4.57 Å². The minimum Gasteiger partial charge on any atom is -0.316 e. The first-order valence-electron chi connectivity index (χ1n) is 9.60. The number of aryl methyl sites for hydroxylation is 1. The number of hydrogen-bond donors (Lipinski definition) is 0. The van der Waals surface area contributed by atoms with Crippen molar-refractivity contribution < 1.29 is 17.6 Å². The third-order valence-electron chi connectivity index (χ3n) is 4.80. The van der Waals surface area contributed by atoms with Crippen molar-refractivity contribution in [3.63, 3.8) is 0 Å². The Morgan fingerprint density at radius 2 is 1.61 bits per heavy atom. The Labute approximate surface area is 180 Å². The smallest absolute Gasteiger partial charge is 0.316 e. The van der Waals surface area contributed by atoms with Crippen molar-refractivity contribution in [3.05, 3.63) is 106 Å². The quantitative estimate of drug-likeness (QED) is 0.301. The molecule has 2 nitrogen and oxygen atoms in total. The highest BCUT2D eigenvalue weighted by molar-refractivity contribution is 7.07. The van der Waals surface area contributed by atoms with Gasteiger partial charge in [-0.15, -0.1) is 11.3 Å². The van der Waals surface area contributed by atoms with Crippen molar-refractivity contribution >= 4 is 17.0 Å². The first-order chi connectivity index (χ1) is 14.9. The molecule has 0 saturated heterocycles. The molecule has 158 valence electrons. The molecule has 0 atom stereocenters. The number of thiazole rings is 1. The van der Waals surface area contributed by atoms with Gasteiger partial charge in [0, 0.05) is 11.9 Å². The molecule has 0 aliphatic carbocycles. The zero-order valence-corrected chi connectivity index (χ0v) is 17.1. The molecule has 31 heavy (non-hydrogen) atoms. The SMILES string of the molecule is Fc1ccc(-c2csc(=Nc3cccc(C(F)(F)F)c3)n2CCc2ccccc2)cc1. The topological polar surface area (TPSA) is 17.3 Å². The van der Waals surface area contributed by atoms with Gasteiger partial charge in [-0.1, -0.05) is 36.4 Å². The molecule has 0 aliphatic rings. The molecule has 0 bridgehead atoms. The van der Waals surface area contributed by atoms with Crippen molar-refractivity contribution in [2.75, 3.05) is 0 Å². The lowest BCUT2D eigenvalue weighted by atomic mass is 10.1. The minimum absolute atomic E-state index is 0.232. The van der Waals surface area contributed by atoms with E-state index >= 15 is 0 Å². The summed E-state index contributed by atoms with van der Waals surface area (Å²) >= 11 is 1.34. The van der Waals surface area contributed by atoms with Crippen LogP contribution in [0.15, 0.2) is 89.2 Å². The van der Waals surface area contributed by atoms with Crippen LogP contribution in [0.2, 0.25) is 0 Å². The van der Waals surface area contributed by atoms with Crippen LogP contribution in [0.5, 0.6) is 0 Å². The maximum atomic E-state index is 13.4. The summed E-state index contributed by atoms with van der Waals surface area (Å²) in [4.78, 5) is 5.08. The van der Waals surface area contributed by atoms with E-state index in [2.05, 4.69) is 4.99 Å². The molecule has 0 saturated carbocycles. The summed E-state index contributed by atoms with van der Waals surface area (Å²) < 4.78 is 54.6. The fourth-order valence-electron chi connectivity index (χ4n) is 3.23. The Kier molecular flexibility index (Phi) is 6.04. The monoisotopic (exact) mass is 442 g/mol. The largest absolute Gasteiger partial charge is 0.416 e. The molecule has 4 rings (SSSR count). The molecule has 1 aromatic heterocycles. The van der Waals surface area contributed by atoms with Gasteiger partial charge in [0.1, 0.15) is 5.82 Å². The molecule has 0 aliphatic heterocycles. The number of hydrogen-bond acceptors (Lipinski definition) is 2. The van der Waals surface area contributed by atoms with E-state index in [0.29, 0.717) is 11.3 Å². The highest BCUT2D eigenvalue weighted by Crippen LogP contribution is 2.31. The van der Waals surface area contributed by atoms with Crippen molar-refractivity contribution in [1.29, 1.82) is 0 Å². The Hall–Kier alpha value is -3.19. The maximum Gasteiger partial charge on any atom is 0.416 e. The number of benzene rings is 3. The highest BCUT2D eigenvalue weighted by Gasteiger charge is 2.30. The third-order valence-corrected chi connectivity index (χ3v) is 5.67. The highest BCUT2D eigenvalue weighted by atomic mass is 32.1. The number of nitrogens with zero attached hydrogens (tertiary/aromatic N) is 2. The second-order valence-corrected chi connectivity index (χ2v) is 7.79. The molecule has 0 fully saturated rings. The molecule has 3 aromatic carbocycles. The zero-order chi connectivity index (χ0) is 21.8. The van der Waals surface area contributed by atoms with Crippen molar-refractivity contribution in [3.8, 4) is 11.3 Å². The summed E-state index contributed by atoms with van der Waals surface area (Å²) in [6.45, 7) is 0.581. The van der Waals surface area contributed by atoms with Crippen LogP contribution in [0.4, 0.5) is 23.2 Å². The molecule has 0 radical (unpaired) electrons. The average molecular weight is 442 g/mol. The summed E-state index contributed by atoms with van der Waals surface area (Å²) in [7, 11) is 0. The van der Waals surface area contributed by atoms with E-state index in [4.69, 9.17) is 0 Å². The fourth-order valence-corrected chi connectivity index (χ4v) is 4.19. The van der Waals surface area contributed by atoms with Crippen molar-refractivity contribution in [2.24, 2.45) is 4.99 Å². The van der Waals surface area contributed by atoms with E-state index in [1.807, 2.05) is 40.3 Å². The van der Waals surface area contributed by atoms with E-state index in [0.717, 1.165) is 35.4 Å². The maximum absolute atomic E-state index is 13.4. The van der Waals surface area contributed by atoms with Crippen LogP contribution >= 0.6 is 11.3 Å². The van der Waals surface area contributed by atoms with Gasteiger partial charge in [-0.3, -0.25) is 0 Å². The second-order valence-electron chi connectivity index (χ2n) is 6.96. The van der Waals surface area contributed by atoms with Gasteiger partial charge < -0.3 is 4.57 Å². The van der Waals surface area contributed by atoms with Crippen LogP contribution in [0.1, 0.15) is 11.1 Å². The predicted octanol–water partition coefficient (Wildman–Crippen LogP) is 6.85. The van der Waals surface area contributed by atoms with Gasteiger partial charge >= 0.3 is 6.18 Å². The van der Waals surface area contributed by atoms with E-state index in [1.165, 1.54) is 29.5 Å². The van der Waals surface area contributed by atoms with Gasteiger partial charge in [-0.25, -0.2) is 9.38 Å². The first-order valence-corrected chi connectivity index (χ1v) is 10.5. The number of aromatic nitrogens is 1. The number of alkyl halides is 3. The van der Waals surface area contributed by atoms with E-state index in [1.54, 1.807) is 18.2 Å². The average Bonchev–Trinajstić information content (AvgIpc) is 3.15. The Morgan fingerprint density at radius 1 is 0.871 bits per heavy atom. The standard InChI is InChI=1S/C24H18F4N2S/c25-20-11-9-18(10-12-20)22-16-31-23(30(22)14-13-17-5-2-1-3-6-17)29-21-8-4-7-19(15-21)24(26,27)28/h1-12,15-16H,13-14H2. The van der Waals surface area contributed by atoms with E-state index in [9.17, 15) is 17.6 Å². The van der Waals surface area contributed by atoms with Crippen LogP contribution in [0.25, 0.3) is 11.3 Å². The predicted molar refractivity (Wildman–Crippen MR) is 115 cm³/mol. The Morgan fingerprint density at radius 3 is 2.32 bits per heavy atom. The lowest BCUT2D eigenvalue weighted by Crippen LogP contribution is -2.17. The molecule has 4 aromatic rings. The summed E-state index contributed by atoms with van der Waals surface area (Å²) in [5, 5.41) is 1.89. The van der Waals surface area contributed by atoms with E-state index in [-0.39, 0.29) is 11.5 Å². The summed E-state index contributed by atoms with van der Waals surface area (Å²) in [5.41, 5.74) is 2.29. The Balaban J connectivity index is 1.77. The second kappa shape index (κ2) is 8.89. The zero-order valence-electron chi connectivity index (χ0n) is 16.3. The van der Waals surface area contributed by atoms with Crippen molar-refractivity contribution in [2.45, 2.75) is 19.1 Å². The molecule has 0 unspecified atom stereocenters.